The van der Waals surface area contributed by atoms with Crippen LogP contribution in [0.15, 0.2) is 6.07 Å². The summed E-state index contributed by atoms with van der Waals surface area (Å²) in [6, 6.07) is 0.479. The maximum Gasteiger partial charge on any atom is 0.350 e. The van der Waals surface area contributed by atoms with Crippen LogP contribution in [0.4, 0.5) is 14.5 Å². The molecule has 0 saturated heterocycles. The average molecular weight is 247 g/mol. The fourth-order valence-corrected chi connectivity index (χ4v) is 1.21. The zero-order chi connectivity index (χ0) is 13.2. The average Bonchev–Trinajstić information content (AvgIpc) is 2.29. The first kappa shape index (κ1) is 12.8. The number of nitro groups is 1. The van der Waals surface area contributed by atoms with Crippen molar-refractivity contribution in [3.63, 3.8) is 0 Å². The van der Waals surface area contributed by atoms with Crippen LogP contribution in [0.2, 0.25) is 0 Å². The van der Waals surface area contributed by atoms with Gasteiger partial charge in [0.1, 0.15) is 5.56 Å². The summed E-state index contributed by atoms with van der Waals surface area (Å²) in [7, 11) is 1.89. The third-order valence-electron chi connectivity index (χ3n) is 1.94. The number of rotatable bonds is 3. The third kappa shape index (κ3) is 2.14. The number of nitro benzene ring substituents is 1. The molecule has 0 aliphatic carbocycles. The molecule has 8 heteroatoms. The highest BCUT2D eigenvalue weighted by atomic mass is 19.1. The smallest absolute Gasteiger partial charge is 0.350 e. The lowest BCUT2D eigenvalue weighted by molar-refractivity contribution is -0.388. The summed E-state index contributed by atoms with van der Waals surface area (Å²) >= 11 is 0. The second-order valence-corrected chi connectivity index (χ2v) is 2.85. The minimum atomic E-state index is -1.50. The number of esters is 1. The van der Waals surface area contributed by atoms with Crippen LogP contribution in [0.3, 0.4) is 0 Å². The molecule has 0 aliphatic rings. The van der Waals surface area contributed by atoms with Gasteiger partial charge in [0.15, 0.2) is 5.82 Å². The molecule has 0 unspecified atom stereocenters. The Morgan fingerprint density at radius 1 is 1.41 bits per heavy atom. The molecule has 6 nitrogen and oxygen atoms in total. The van der Waals surface area contributed by atoms with Gasteiger partial charge in [-0.3, -0.25) is 10.1 Å². The van der Waals surface area contributed by atoms with E-state index >= 15 is 0 Å². The minimum Gasteiger partial charge on any atom is -0.488 e. The molecule has 1 aromatic rings. The van der Waals surface area contributed by atoms with Gasteiger partial charge >= 0.3 is 11.7 Å². The van der Waals surface area contributed by atoms with Gasteiger partial charge < -0.3 is 9.47 Å². The van der Waals surface area contributed by atoms with Crippen LogP contribution in [0, 0.1) is 21.7 Å². The fourth-order valence-electron chi connectivity index (χ4n) is 1.21. The van der Waals surface area contributed by atoms with Gasteiger partial charge in [-0.2, -0.15) is 4.39 Å². The largest absolute Gasteiger partial charge is 0.488 e. The Hall–Kier alpha value is -2.25. The van der Waals surface area contributed by atoms with E-state index in [9.17, 15) is 23.7 Å². The van der Waals surface area contributed by atoms with E-state index in [2.05, 4.69) is 9.47 Å². The molecule has 1 aromatic carbocycles. The molecule has 0 radical (unpaired) electrons. The number of benzene rings is 1. The predicted molar refractivity (Wildman–Crippen MR) is 50.9 cm³/mol. The molecular weight excluding hydrogens is 240 g/mol. The number of halogens is 2. The Bertz CT molecular complexity index is 489. The summed E-state index contributed by atoms with van der Waals surface area (Å²) in [6.07, 6.45) is 0. The van der Waals surface area contributed by atoms with Gasteiger partial charge in [-0.15, -0.1) is 0 Å². The lowest BCUT2D eigenvalue weighted by atomic mass is 10.1. The van der Waals surface area contributed by atoms with Gasteiger partial charge in [-0.1, -0.05) is 0 Å². The molecule has 0 N–H and O–H groups in total. The summed E-state index contributed by atoms with van der Waals surface area (Å²) in [4.78, 5) is 20.5. The first-order chi connectivity index (χ1) is 7.93. The lowest BCUT2D eigenvalue weighted by Crippen LogP contribution is -2.09. The van der Waals surface area contributed by atoms with Gasteiger partial charge in [0.2, 0.25) is 11.6 Å². The zero-order valence-electron chi connectivity index (χ0n) is 8.82. The zero-order valence-corrected chi connectivity index (χ0v) is 8.82. The van der Waals surface area contributed by atoms with Crippen molar-refractivity contribution in [2.45, 2.75) is 0 Å². The molecule has 0 atom stereocenters. The van der Waals surface area contributed by atoms with Gasteiger partial charge in [-0.05, 0) is 6.07 Å². The highest BCUT2D eigenvalue weighted by Crippen LogP contribution is 2.34. The molecule has 0 fully saturated rings. The molecule has 0 spiro atoms. The summed E-state index contributed by atoms with van der Waals surface area (Å²) < 4.78 is 35.5. The monoisotopic (exact) mass is 247 g/mol. The number of hydrogen-bond donors (Lipinski definition) is 0. The first-order valence-electron chi connectivity index (χ1n) is 4.22. The second-order valence-electron chi connectivity index (χ2n) is 2.85. The van der Waals surface area contributed by atoms with E-state index in [0.717, 1.165) is 14.2 Å². The van der Waals surface area contributed by atoms with Gasteiger partial charge in [-0.25, -0.2) is 9.18 Å². The van der Waals surface area contributed by atoms with Gasteiger partial charge in [0, 0.05) is 0 Å². The van der Waals surface area contributed by atoms with Crippen molar-refractivity contribution in [1.82, 2.24) is 0 Å². The van der Waals surface area contributed by atoms with E-state index in [1.165, 1.54) is 0 Å². The Morgan fingerprint density at radius 3 is 2.41 bits per heavy atom. The molecular formula is C9H7F2NO5. The van der Waals surface area contributed by atoms with Crippen LogP contribution in [-0.2, 0) is 4.74 Å². The number of carbonyl (C=O) groups excluding carboxylic acids is 1. The SMILES string of the molecule is COC(=O)c1cc(F)c(OC)c([N+](=O)[O-])c1F. The molecule has 0 amide bonds. The van der Waals surface area contributed by atoms with E-state index in [0.29, 0.717) is 6.07 Å². The topological polar surface area (TPSA) is 78.7 Å². The molecule has 0 heterocycles. The number of ether oxygens (including phenoxy) is 2. The van der Waals surface area contributed by atoms with Crippen molar-refractivity contribution < 1.29 is 28.0 Å². The van der Waals surface area contributed by atoms with Gasteiger partial charge in [0.25, 0.3) is 0 Å². The highest BCUT2D eigenvalue weighted by Gasteiger charge is 2.31. The van der Waals surface area contributed by atoms with Crippen LogP contribution in [0.25, 0.3) is 0 Å². The standard InChI is InChI=1S/C9H7F2NO5/c1-16-8-5(10)3-4(9(13)17-2)6(11)7(8)12(14)15/h3H,1-2H3. The van der Waals surface area contributed by atoms with E-state index in [1.54, 1.807) is 0 Å². The van der Waals surface area contributed by atoms with Crippen LogP contribution in [-0.4, -0.2) is 25.1 Å². The number of nitrogens with zero attached hydrogens (tertiary/aromatic N) is 1. The van der Waals surface area contributed by atoms with Gasteiger partial charge in [0.05, 0.1) is 19.1 Å². The quantitative estimate of drug-likeness (QED) is 0.461. The van der Waals surface area contributed by atoms with E-state index in [4.69, 9.17) is 0 Å². The van der Waals surface area contributed by atoms with E-state index in [-0.39, 0.29) is 0 Å². The Morgan fingerprint density at radius 2 is 2.00 bits per heavy atom. The number of hydrogen-bond acceptors (Lipinski definition) is 5. The van der Waals surface area contributed by atoms with Crippen molar-refractivity contribution in [3.8, 4) is 5.75 Å². The van der Waals surface area contributed by atoms with Crippen molar-refractivity contribution in [1.29, 1.82) is 0 Å². The first-order valence-corrected chi connectivity index (χ1v) is 4.22. The van der Waals surface area contributed by atoms with Crippen molar-refractivity contribution in [2.24, 2.45) is 0 Å². The maximum atomic E-state index is 13.6. The molecule has 1 rings (SSSR count). The maximum absolute atomic E-state index is 13.6. The Balaban J connectivity index is 3.60. The van der Waals surface area contributed by atoms with Crippen LogP contribution in [0.1, 0.15) is 10.4 Å². The van der Waals surface area contributed by atoms with Crippen LogP contribution < -0.4 is 4.74 Å². The number of methoxy groups -OCH3 is 2. The molecule has 0 saturated carbocycles. The Kier molecular flexibility index (Phi) is 3.56. The summed E-state index contributed by atoms with van der Waals surface area (Å²) in [5.41, 5.74) is -2.11. The van der Waals surface area contributed by atoms with Crippen molar-refractivity contribution in [2.75, 3.05) is 14.2 Å². The van der Waals surface area contributed by atoms with E-state index in [1.807, 2.05) is 0 Å². The van der Waals surface area contributed by atoms with Crippen LogP contribution in [0.5, 0.6) is 5.75 Å². The molecule has 92 valence electrons. The second kappa shape index (κ2) is 4.73. The predicted octanol–water partition coefficient (Wildman–Crippen LogP) is 1.67. The number of carbonyl (C=O) groups is 1. The third-order valence-corrected chi connectivity index (χ3v) is 1.94. The minimum absolute atomic E-state index is 0.479. The normalized spacial score (nSPS) is 9.88. The van der Waals surface area contributed by atoms with Crippen LogP contribution >= 0.6 is 0 Å². The summed E-state index contributed by atoms with van der Waals surface area (Å²) in [6.45, 7) is 0. The summed E-state index contributed by atoms with van der Waals surface area (Å²) in [5, 5.41) is 10.6. The molecule has 17 heavy (non-hydrogen) atoms. The Labute approximate surface area is 93.9 Å². The van der Waals surface area contributed by atoms with Crippen molar-refractivity contribution >= 4 is 11.7 Å². The van der Waals surface area contributed by atoms with Crippen molar-refractivity contribution in [3.05, 3.63) is 33.4 Å². The van der Waals surface area contributed by atoms with E-state index < -0.39 is 39.5 Å². The highest BCUT2D eigenvalue weighted by molar-refractivity contribution is 5.91. The molecule has 0 aromatic heterocycles. The fraction of sp³-hybridized carbons (Fsp3) is 0.222. The molecule has 0 bridgehead atoms. The lowest BCUT2D eigenvalue weighted by Gasteiger charge is -2.07. The summed E-state index contributed by atoms with van der Waals surface area (Å²) in [5.74, 6) is -4.81. The molecule has 0 aliphatic heterocycles.